The first-order valence-corrected chi connectivity index (χ1v) is 7.64. The Morgan fingerprint density at radius 3 is 2.71 bits per heavy atom. The molecule has 1 aromatic heterocycles. The van der Waals surface area contributed by atoms with Crippen molar-refractivity contribution < 1.29 is 9.47 Å². The van der Waals surface area contributed by atoms with Gasteiger partial charge in [0, 0.05) is 23.2 Å². The lowest BCUT2D eigenvalue weighted by Crippen LogP contribution is -1.98. The number of benzene rings is 1. The highest BCUT2D eigenvalue weighted by Crippen LogP contribution is 2.35. The van der Waals surface area contributed by atoms with Crippen molar-refractivity contribution in [1.82, 2.24) is 9.97 Å². The van der Waals surface area contributed by atoms with E-state index in [2.05, 4.69) is 9.97 Å². The molecule has 0 radical (unpaired) electrons. The van der Waals surface area contributed by atoms with E-state index in [0.717, 1.165) is 54.0 Å². The lowest BCUT2D eigenvalue weighted by Gasteiger charge is -2.10. The molecule has 0 unspecified atom stereocenters. The summed E-state index contributed by atoms with van der Waals surface area (Å²) in [7, 11) is 0. The van der Waals surface area contributed by atoms with Gasteiger partial charge in [-0.3, -0.25) is 0 Å². The molecule has 1 aliphatic carbocycles. The highest BCUT2D eigenvalue weighted by atomic mass is 35.5. The van der Waals surface area contributed by atoms with Gasteiger partial charge in [0.15, 0.2) is 17.3 Å². The zero-order valence-electron chi connectivity index (χ0n) is 11.6. The molecule has 4 nitrogen and oxygen atoms in total. The van der Waals surface area contributed by atoms with Gasteiger partial charge in [-0.2, -0.15) is 0 Å². The van der Waals surface area contributed by atoms with E-state index in [1.807, 2.05) is 18.2 Å². The summed E-state index contributed by atoms with van der Waals surface area (Å²) < 4.78 is 11.4. The van der Waals surface area contributed by atoms with Gasteiger partial charge in [0.05, 0.1) is 13.2 Å². The average molecular weight is 303 g/mol. The maximum atomic E-state index is 6.29. The number of hydrogen-bond acceptors (Lipinski definition) is 4. The average Bonchev–Trinajstić information content (AvgIpc) is 2.85. The fraction of sp³-hybridized carbons (Fsp3) is 0.375. The highest BCUT2D eigenvalue weighted by molar-refractivity contribution is 6.30. The van der Waals surface area contributed by atoms with Crippen molar-refractivity contribution in [2.45, 2.75) is 25.7 Å². The van der Waals surface area contributed by atoms with Gasteiger partial charge in [0.1, 0.15) is 5.15 Å². The van der Waals surface area contributed by atoms with Gasteiger partial charge in [-0.1, -0.05) is 11.6 Å². The Morgan fingerprint density at radius 1 is 0.952 bits per heavy atom. The van der Waals surface area contributed by atoms with Crippen LogP contribution in [-0.2, 0) is 12.8 Å². The van der Waals surface area contributed by atoms with Crippen LogP contribution in [0.5, 0.6) is 11.5 Å². The second-order valence-corrected chi connectivity index (χ2v) is 5.69. The van der Waals surface area contributed by atoms with E-state index in [1.54, 1.807) is 0 Å². The fourth-order valence-corrected chi connectivity index (χ4v) is 3.10. The number of ether oxygens (including phenoxy) is 2. The third-order valence-corrected chi connectivity index (χ3v) is 4.20. The van der Waals surface area contributed by atoms with Crippen LogP contribution in [0.25, 0.3) is 11.4 Å². The summed E-state index contributed by atoms with van der Waals surface area (Å²) in [5.74, 6) is 2.20. The largest absolute Gasteiger partial charge is 0.490 e. The first-order valence-electron chi connectivity index (χ1n) is 7.26. The quantitative estimate of drug-likeness (QED) is 0.757. The first kappa shape index (κ1) is 12.9. The molecule has 0 spiro atoms. The molecule has 0 N–H and O–H groups in total. The van der Waals surface area contributed by atoms with Crippen molar-refractivity contribution in [2.75, 3.05) is 13.2 Å². The summed E-state index contributed by atoms with van der Waals surface area (Å²) in [5, 5.41) is 0.583. The van der Waals surface area contributed by atoms with E-state index in [1.165, 1.54) is 0 Å². The SMILES string of the molecule is Clc1nc(-c2ccc3c(c2)OCCCO3)nc2c1CCC2. The Balaban J connectivity index is 1.77. The fourth-order valence-electron chi connectivity index (χ4n) is 2.82. The number of hydrogen-bond donors (Lipinski definition) is 0. The lowest BCUT2D eigenvalue weighted by molar-refractivity contribution is 0.297. The predicted octanol–water partition coefficient (Wildman–Crippen LogP) is 3.45. The van der Waals surface area contributed by atoms with Crippen molar-refractivity contribution in [2.24, 2.45) is 0 Å². The second kappa shape index (κ2) is 5.19. The van der Waals surface area contributed by atoms with Crippen LogP contribution in [0, 0.1) is 0 Å². The molecule has 0 saturated carbocycles. The van der Waals surface area contributed by atoms with Crippen molar-refractivity contribution in [1.29, 1.82) is 0 Å². The summed E-state index contributed by atoms with van der Waals surface area (Å²) in [6, 6.07) is 5.81. The van der Waals surface area contributed by atoms with Crippen LogP contribution in [0.4, 0.5) is 0 Å². The Kier molecular flexibility index (Phi) is 3.19. The predicted molar refractivity (Wildman–Crippen MR) is 80.1 cm³/mol. The molecule has 1 aliphatic heterocycles. The summed E-state index contributed by atoms with van der Waals surface area (Å²) in [6.07, 6.45) is 3.96. The number of aryl methyl sites for hydroxylation is 1. The van der Waals surface area contributed by atoms with Crippen LogP contribution in [0.1, 0.15) is 24.1 Å². The van der Waals surface area contributed by atoms with Gasteiger partial charge in [0.25, 0.3) is 0 Å². The number of aromatic nitrogens is 2. The lowest BCUT2D eigenvalue weighted by atomic mass is 10.1. The monoisotopic (exact) mass is 302 g/mol. The van der Waals surface area contributed by atoms with E-state index < -0.39 is 0 Å². The minimum absolute atomic E-state index is 0.583. The highest BCUT2D eigenvalue weighted by Gasteiger charge is 2.19. The van der Waals surface area contributed by atoms with Gasteiger partial charge in [-0.15, -0.1) is 0 Å². The molecule has 0 fully saturated rings. The summed E-state index contributed by atoms with van der Waals surface area (Å²) >= 11 is 6.29. The normalized spacial score (nSPS) is 16.4. The molecular weight excluding hydrogens is 288 g/mol. The first-order chi connectivity index (χ1) is 10.3. The molecule has 0 saturated heterocycles. The van der Waals surface area contributed by atoms with Crippen LogP contribution in [-0.4, -0.2) is 23.2 Å². The number of fused-ring (bicyclic) bond motifs is 2. The Morgan fingerprint density at radius 2 is 1.81 bits per heavy atom. The summed E-state index contributed by atoms with van der Waals surface area (Å²) in [4.78, 5) is 9.11. The zero-order chi connectivity index (χ0) is 14.2. The van der Waals surface area contributed by atoms with Gasteiger partial charge in [0.2, 0.25) is 0 Å². The van der Waals surface area contributed by atoms with Gasteiger partial charge in [-0.25, -0.2) is 9.97 Å². The van der Waals surface area contributed by atoms with Crippen LogP contribution in [0.15, 0.2) is 18.2 Å². The molecule has 1 aromatic carbocycles. The molecule has 21 heavy (non-hydrogen) atoms. The van der Waals surface area contributed by atoms with Crippen molar-refractivity contribution >= 4 is 11.6 Å². The minimum atomic E-state index is 0.583. The second-order valence-electron chi connectivity index (χ2n) is 5.33. The van der Waals surface area contributed by atoms with Crippen molar-refractivity contribution in [3.8, 4) is 22.9 Å². The number of nitrogens with zero attached hydrogens (tertiary/aromatic N) is 2. The molecule has 2 heterocycles. The molecule has 2 aliphatic rings. The molecule has 108 valence electrons. The zero-order valence-corrected chi connectivity index (χ0v) is 12.3. The summed E-state index contributed by atoms with van der Waals surface area (Å²) in [6.45, 7) is 1.36. The third-order valence-electron chi connectivity index (χ3n) is 3.89. The number of halogens is 1. The van der Waals surface area contributed by atoms with Crippen molar-refractivity contribution in [3.63, 3.8) is 0 Å². The maximum Gasteiger partial charge on any atom is 0.161 e. The molecule has 0 bridgehead atoms. The van der Waals surface area contributed by atoms with Crippen LogP contribution >= 0.6 is 11.6 Å². The van der Waals surface area contributed by atoms with E-state index >= 15 is 0 Å². The van der Waals surface area contributed by atoms with Gasteiger partial charge < -0.3 is 9.47 Å². The van der Waals surface area contributed by atoms with Crippen LogP contribution in [0.2, 0.25) is 5.15 Å². The Labute approximate surface area is 128 Å². The van der Waals surface area contributed by atoms with E-state index in [0.29, 0.717) is 24.2 Å². The number of rotatable bonds is 1. The van der Waals surface area contributed by atoms with Gasteiger partial charge in [-0.05, 0) is 37.5 Å². The molecule has 5 heteroatoms. The molecule has 4 rings (SSSR count). The van der Waals surface area contributed by atoms with Gasteiger partial charge >= 0.3 is 0 Å². The standard InChI is InChI=1S/C16H15ClN2O2/c17-15-11-3-1-4-12(11)18-16(19-15)10-5-6-13-14(9-10)21-8-2-7-20-13/h5-6,9H,1-4,7-8H2. The molecule has 2 aromatic rings. The Bertz CT molecular complexity index is 703. The van der Waals surface area contributed by atoms with Crippen LogP contribution < -0.4 is 9.47 Å². The summed E-state index contributed by atoms with van der Waals surface area (Å²) in [5.41, 5.74) is 3.10. The maximum absolute atomic E-state index is 6.29. The Hall–Kier alpha value is -1.81. The minimum Gasteiger partial charge on any atom is -0.490 e. The molecular formula is C16H15ClN2O2. The third kappa shape index (κ3) is 2.33. The molecule has 0 atom stereocenters. The molecule has 0 amide bonds. The van der Waals surface area contributed by atoms with E-state index in [9.17, 15) is 0 Å². The van der Waals surface area contributed by atoms with E-state index in [-0.39, 0.29) is 0 Å². The topological polar surface area (TPSA) is 44.2 Å². The smallest absolute Gasteiger partial charge is 0.161 e. The van der Waals surface area contributed by atoms with Crippen molar-refractivity contribution in [3.05, 3.63) is 34.6 Å². The van der Waals surface area contributed by atoms with Crippen LogP contribution in [0.3, 0.4) is 0 Å². The van der Waals surface area contributed by atoms with E-state index in [4.69, 9.17) is 21.1 Å².